The first-order chi connectivity index (χ1) is 15.6. The predicted octanol–water partition coefficient (Wildman–Crippen LogP) is 4.49. The van der Waals surface area contributed by atoms with Crippen molar-refractivity contribution >= 4 is 10.8 Å². The number of pyridine rings is 1. The van der Waals surface area contributed by atoms with Crippen LogP contribution >= 0.6 is 0 Å². The predicted molar refractivity (Wildman–Crippen MR) is 120 cm³/mol. The van der Waals surface area contributed by atoms with Crippen LogP contribution in [0.5, 0.6) is 0 Å². The maximum absolute atomic E-state index is 12.9. The van der Waals surface area contributed by atoms with Crippen LogP contribution in [0.2, 0.25) is 0 Å². The van der Waals surface area contributed by atoms with Crippen molar-refractivity contribution in [3.8, 4) is 11.3 Å². The summed E-state index contributed by atoms with van der Waals surface area (Å²) < 4.78 is 52.3. The van der Waals surface area contributed by atoms with Crippen LogP contribution in [0.15, 0.2) is 24.4 Å². The van der Waals surface area contributed by atoms with Gasteiger partial charge in [-0.25, -0.2) is 0 Å². The highest BCUT2D eigenvalue weighted by Gasteiger charge is 2.60. The standard InChI is InChI=1S/C24H29F3N4OS/c1-14(2)31-20(9-19(29-31)15-3-4-21(28-10-15)24(25,26)27)22-17-7-16(8-18(17)22)30-6-5-23(11-30)12-33(32)13-23/h3-4,9-10,14,16-18,22H,5-8,11-13H2,1-2H3. The molecule has 0 radical (unpaired) electrons. The minimum Gasteiger partial charge on any atom is -0.300 e. The second-order valence-corrected chi connectivity index (χ2v) is 12.3. The number of nitrogens with zero attached hydrogens (tertiary/aromatic N) is 4. The molecule has 4 fully saturated rings. The number of rotatable bonds is 4. The van der Waals surface area contributed by atoms with Gasteiger partial charge < -0.3 is 0 Å². The van der Waals surface area contributed by atoms with Crippen LogP contribution in [-0.4, -0.2) is 54.5 Å². The van der Waals surface area contributed by atoms with Gasteiger partial charge in [-0.3, -0.25) is 18.8 Å². The highest BCUT2D eigenvalue weighted by molar-refractivity contribution is 7.86. The molecule has 5 nitrogen and oxygen atoms in total. The van der Waals surface area contributed by atoms with Gasteiger partial charge in [0.1, 0.15) is 5.69 Å². The van der Waals surface area contributed by atoms with Crippen molar-refractivity contribution < 1.29 is 17.4 Å². The topological polar surface area (TPSA) is 51.0 Å². The van der Waals surface area contributed by atoms with Gasteiger partial charge in [0, 0.05) is 69.7 Å². The third kappa shape index (κ3) is 3.66. The third-order valence-electron chi connectivity index (χ3n) is 8.28. The lowest BCUT2D eigenvalue weighted by Gasteiger charge is -2.38. The zero-order chi connectivity index (χ0) is 23.1. The quantitative estimate of drug-likeness (QED) is 0.650. The monoisotopic (exact) mass is 478 g/mol. The fraction of sp³-hybridized carbons (Fsp3) is 0.667. The molecule has 4 aliphatic rings. The van der Waals surface area contributed by atoms with Crippen LogP contribution in [0, 0.1) is 17.3 Å². The molecule has 4 heterocycles. The van der Waals surface area contributed by atoms with E-state index in [0.29, 0.717) is 40.5 Å². The molecule has 0 N–H and O–H groups in total. The number of likely N-dealkylation sites (tertiary alicyclic amines) is 1. The molecule has 0 amide bonds. The number of hydrogen-bond acceptors (Lipinski definition) is 4. The summed E-state index contributed by atoms with van der Waals surface area (Å²) in [6, 6.07) is 5.38. The molecule has 2 saturated carbocycles. The Labute approximate surface area is 194 Å². The highest BCUT2D eigenvalue weighted by atomic mass is 32.2. The van der Waals surface area contributed by atoms with E-state index in [1.807, 2.05) is 0 Å². The number of halogens is 3. The fourth-order valence-corrected chi connectivity index (χ4v) is 8.39. The average molecular weight is 479 g/mol. The Kier molecular flexibility index (Phi) is 4.87. The van der Waals surface area contributed by atoms with E-state index < -0.39 is 22.7 Å². The number of aromatic nitrogens is 3. The Morgan fingerprint density at radius 1 is 1.18 bits per heavy atom. The molecule has 1 spiro atoms. The van der Waals surface area contributed by atoms with Crippen molar-refractivity contribution in [3.63, 3.8) is 0 Å². The van der Waals surface area contributed by atoms with Crippen molar-refractivity contribution in [1.29, 1.82) is 0 Å². The van der Waals surface area contributed by atoms with Crippen molar-refractivity contribution in [2.45, 2.75) is 57.3 Å². The van der Waals surface area contributed by atoms with E-state index in [4.69, 9.17) is 5.10 Å². The van der Waals surface area contributed by atoms with Gasteiger partial charge in [0.15, 0.2) is 0 Å². The van der Waals surface area contributed by atoms with Crippen LogP contribution in [0.3, 0.4) is 0 Å². The van der Waals surface area contributed by atoms with Gasteiger partial charge in [-0.15, -0.1) is 0 Å². The largest absolute Gasteiger partial charge is 0.433 e. The molecule has 2 aliphatic heterocycles. The van der Waals surface area contributed by atoms with E-state index in [1.165, 1.54) is 37.2 Å². The van der Waals surface area contributed by atoms with Gasteiger partial charge in [0.25, 0.3) is 0 Å². The average Bonchev–Trinajstić information content (AvgIpc) is 3.20. The summed E-state index contributed by atoms with van der Waals surface area (Å²) in [6.07, 6.45) is 0.441. The smallest absolute Gasteiger partial charge is 0.300 e. The number of fused-ring (bicyclic) bond motifs is 1. The molecule has 2 saturated heterocycles. The molecule has 2 aliphatic carbocycles. The van der Waals surface area contributed by atoms with Crippen LogP contribution in [0.1, 0.15) is 56.5 Å². The second kappa shape index (κ2) is 7.38. The molecular formula is C24H29F3N4OS. The molecule has 2 aromatic heterocycles. The van der Waals surface area contributed by atoms with E-state index in [2.05, 4.69) is 34.5 Å². The fourth-order valence-electron chi connectivity index (χ4n) is 6.63. The van der Waals surface area contributed by atoms with Crippen molar-refractivity contribution in [2.24, 2.45) is 17.3 Å². The lowest BCUT2D eigenvalue weighted by Crippen LogP contribution is -2.47. The molecule has 178 valence electrons. The van der Waals surface area contributed by atoms with E-state index in [1.54, 1.807) is 0 Å². The highest BCUT2D eigenvalue weighted by Crippen LogP contribution is 2.64. The van der Waals surface area contributed by atoms with Crippen LogP contribution < -0.4 is 0 Å². The SMILES string of the molecule is CC(C)n1nc(-c2ccc(C(F)(F)F)nc2)cc1C1C2CC(N3CCC4(C3)CS(=O)C4)CC21. The summed E-state index contributed by atoms with van der Waals surface area (Å²) in [7, 11) is -0.590. The van der Waals surface area contributed by atoms with Gasteiger partial charge in [-0.05, 0) is 69.7 Å². The summed E-state index contributed by atoms with van der Waals surface area (Å²) in [6.45, 7) is 6.44. The molecule has 0 aromatic carbocycles. The van der Waals surface area contributed by atoms with E-state index in [9.17, 15) is 17.4 Å². The van der Waals surface area contributed by atoms with E-state index in [-0.39, 0.29) is 6.04 Å². The summed E-state index contributed by atoms with van der Waals surface area (Å²) in [4.78, 5) is 6.26. The molecule has 0 bridgehead atoms. The first-order valence-corrected chi connectivity index (χ1v) is 13.3. The van der Waals surface area contributed by atoms with Gasteiger partial charge in [0.2, 0.25) is 0 Å². The third-order valence-corrected chi connectivity index (χ3v) is 10.2. The van der Waals surface area contributed by atoms with Crippen LogP contribution in [-0.2, 0) is 17.0 Å². The normalized spacial score (nSPS) is 35.9. The molecule has 33 heavy (non-hydrogen) atoms. The van der Waals surface area contributed by atoms with Crippen LogP contribution in [0.4, 0.5) is 13.2 Å². The number of hydrogen-bond donors (Lipinski definition) is 0. The minimum absolute atomic E-state index is 0.186. The Morgan fingerprint density at radius 2 is 1.91 bits per heavy atom. The summed E-state index contributed by atoms with van der Waals surface area (Å²) in [5, 5.41) is 4.76. The minimum atomic E-state index is -4.44. The first kappa shape index (κ1) is 21.8. The van der Waals surface area contributed by atoms with Crippen molar-refractivity contribution in [2.75, 3.05) is 24.6 Å². The first-order valence-electron chi connectivity index (χ1n) is 11.9. The van der Waals surface area contributed by atoms with Gasteiger partial charge in [-0.1, -0.05) is 0 Å². The van der Waals surface area contributed by atoms with Gasteiger partial charge in [0.05, 0.1) is 5.69 Å². The maximum Gasteiger partial charge on any atom is 0.433 e. The molecule has 9 heteroatoms. The zero-order valence-electron chi connectivity index (χ0n) is 18.9. The summed E-state index contributed by atoms with van der Waals surface area (Å²) >= 11 is 0. The number of alkyl halides is 3. The zero-order valence-corrected chi connectivity index (χ0v) is 19.7. The van der Waals surface area contributed by atoms with Gasteiger partial charge >= 0.3 is 6.18 Å². The Hall–Kier alpha value is -1.74. The van der Waals surface area contributed by atoms with Crippen LogP contribution in [0.25, 0.3) is 11.3 Å². The molecular weight excluding hydrogens is 449 g/mol. The van der Waals surface area contributed by atoms with E-state index in [0.717, 1.165) is 30.7 Å². The Bertz CT molecular complexity index is 1080. The maximum atomic E-state index is 12.9. The Morgan fingerprint density at radius 3 is 2.48 bits per heavy atom. The summed E-state index contributed by atoms with van der Waals surface area (Å²) in [5.41, 5.74) is 1.97. The Balaban J connectivity index is 1.16. The molecule has 2 unspecified atom stereocenters. The van der Waals surface area contributed by atoms with Crippen molar-refractivity contribution in [3.05, 3.63) is 35.8 Å². The molecule has 2 atom stereocenters. The van der Waals surface area contributed by atoms with Crippen molar-refractivity contribution in [1.82, 2.24) is 19.7 Å². The lowest BCUT2D eigenvalue weighted by atomic mass is 9.91. The van der Waals surface area contributed by atoms with Gasteiger partial charge in [-0.2, -0.15) is 18.3 Å². The summed E-state index contributed by atoms with van der Waals surface area (Å²) in [5.74, 6) is 3.59. The molecule has 2 aromatic rings. The lowest BCUT2D eigenvalue weighted by molar-refractivity contribution is -0.141. The molecule has 6 rings (SSSR count). The van der Waals surface area contributed by atoms with E-state index >= 15 is 0 Å². The second-order valence-electron chi connectivity index (χ2n) is 10.9.